The molecular formula is C13H18N6OS. The molecule has 2 heterocycles. The van der Waals surface area contributed by atoms with E-state index in [1.54, 1.807) is 23.7 Å². The molecule has 2 rings (SSSR count). The van der Waals surface area contributed by atoms with Crippen molar-refractivity contribution in [3.05, 3.63) is 28.6 Å². The summed E-state index contributed by atoms with van der Waals surface area (Å²) in [7, 11) is 3.71. The molecular weight excluding hydrogens is 288 g/mol. The molecule has 8 heteroatoms. The molecule has 0 radical (unpaired) electrons. The van der Waals surface area contributed by atoms with Crippen molar-refractivity contribution >= 4 is 28.9 Å². The zero-order chi connectivity index (χ0) is 15.4. The summed E-state index contributed by atoms with van der Waals surface area (Å²) in [4.78, 5) is 27.3. The number of nitrogens with zero attached hydrogens (tertiary/aromatic N) is 4. The number of thiazole rings is 1. The van der Waals surface area contributed by atoms with Gasteiger partial charge in [0.1, 0.15) is 17.0 Å². The highest BCUT2D eigenvalue weighted by molar-refractivity contribution is 7.11. The molecule has 1 atom stereocenters. The molecule has 21 heavy (non-hydrogen) atoms. The Morgan fingerprint density at radius 3 is 2.71 bits per heavy atom. The van der Waals surface area contributed by atoms with Crippen LogP contribution in [0.3, 0.4) is 0 Å². The smallest absolute Gasteiger partial charge is 0.319 e. The summed E-state index contributed by atoms with van der Waals surface area (Å²) in [6.45, 7) is 3.88. The van der Waals surface area contributed by atoms with Gasteiger partial charge < -0.3 is 15.5 Å². The molecule has 0 aliphatic carbocycles. The minimum Gasteiger partial charge on any atom is -0.361 e. The van der Waals surface area contributed by atoms with Gasteiger partial charge in [-0.2, -0.15) is 0 Å². The lowest BCUT2D eigenvalue weighted by atomic mass is 10.3. The molecule has 0 spiro atoms. The van der Waals surface area contributed by atoms with Crippen molar-refractivity contribution in [1.82, 2.24) is 20.3 Å². The summed E-state index contributed by atoms with van der Waals surface area (Å²) in [5, 5.41) is 6.48. The molecule has 112 valence electrons. The van der Waals surface area contributed by atoms with Crippen LogP contribution in [0, 0.1) is 6.92 Å². The molecule has 0 unspecified atom stereocenters. The molecule has 0 aliphatic heterocycles. The van der Waals surface area contributed by atoms with Gasteiger partial charge in [-0.05, 0) is 13.8 Å². The average Bonchev–Trinajstić information content (AvgIpc) is 2.85. The summed E-state index contributed by atoms with van der Waals surface area (Å²) >= 11 is 1.57. The Morgan fingerprint density at radius 2 is 2.10 bits per heavy atom. The number of amides is 2. The fourth-order valence-corrected chi connectivity index (χ4v) is 2.53. The van der Waals surface area contributed by atoms with Crippen LogP contribution in [-0.4, -0.2) is 35.1 Å². The minimum atomic E-state index is -0.312. The predicted molar refractivity (Wildman–Crippen MR) is 83.8 cm³/mol. The van der Waals surface area contributed by atoms with E-state index < -0.39 is 0 Å². The molecule has 0 aliphatic rings. The Hall–Kier alpha value is -2.22. The van der Waals surface area contributed by atoms with Crippen molar-refractivity contribution in [2.45, 2.75) is 19.9 Å². The fraction of sp³-hybridized carbons (Fsp3) is 0.385. The topological polar surface area (TPSA) is 83.0 Å². The molecule has 0 fully saturated rings. The van der Waals surface area contributed by atoms with Gasteiger partial charge in [-0.15, -0.1) is 11.3 Å². The number of aryl methyl sites for hydroxylation is 1. The van der Waals surface area contributed by atoms with Crippen LogP contribution in [0.5, 0.6) is 0 Å². The van der Waals surface area contributed by atoms with Crippen LogP contribution < -0.4 is 15.5 Å². The maximum Gasteiger partial charge on any atom is 0.319 e. The largest absolute Gasteiger partial charge is 0.361 e. The first-order chi connectivity index (χ1) is 9.97. The zero-order valence-corrected chi connectivity index (χ0v) is 13.2. The van der Waals surface area contributed by atoms with Gasteiger partial charge in [-0.3, -0.25) is 0 Å². The van der Waals surface area contributed by atoms with Gasteiger partial charge >= 0.3 is 6.03 Å². The molecule has 2 aromatic heterocycles. The van der Waals surface area contributed by atoms with Crippen LogP contribution >= 0.6 is 11.3 Å². The Kier molecular flexibility index (Phi) is 4.69. The third kappa shape index (κ3) is 3.88. The lowest BCUT2D eigenvalue weighted by Crippen LogP contribution is -2.31. The number of rotatable bonds is 4. The first kappa shape index (κ1) is 15.2. The van der Waals surface area contributed by atoms with E-state index in [1.807, 2.05) is 32.8 Å². The Labute approximate surface area is 127 Å². The summed E-state index contributed by atoms with van der Waals surface area (Å²) < 4.78 is 0. The van der Waals surface area contributed by atoms with E-state index in [-0.39, 0.29) is 12.1 Å². The number of nitrogens with one attached hydrogen (secondary N) is 2. The second-order valence-corrected chi connectivity index (χ2v) is 6.05. The zero-order valence-electron chi connectivity index (χ0n) is 12.4. The van der Waals surface area contributed by atoms with E-state index in [0.717, 1.165) is 9.88 Å². The van der Waals surface area contributed by atoms with E-state index >= 15 is 0 Å². The van der Waals surface area contributed by atoms with Crippen molar-refractivity contribution in [1.29, 1.82) is 0 Å². The number of hydrogen-bond acceptors (Lipinski definition) is 6. The van der Waals surface area contributed by atoms with Gasteiger partial charge in [0.05, 0.1) is 12.2 Å². The molecule has 2 aromatic rings. The summed E-state index contributed by atoms with van der Waals surface area (Å²) in [5.41, 5.74) is 0.558. The van der Waals surface area contributed by atoms with Gasteiger partial charge in [0.15, 0.2) is 5.82 Å². The third-order valence-electron chi connectivity index (χ3n) is 2.72. The van der Waals surface area contributed by atoms with Crippen LogP contribution in [0.15, 0.2) is 18.7 Å². The lowest BCUT2D eigenvalue weighted by molar-refractivity contribution is 0.249. The summed E-state index contributed by atoms with van der Waals surface area (Å²) in [6, 6.07) is -0.468. The quantitative estimate of drug-likeness (QED) is 0.904. The second kappa shape index (κ2) is 6.49. The number of hydrogen-bond donors (Lipinski definition) is 2. The van der Waals surface area contributed by atoms with Gasteiger partial charge in [0.25, 0.3) is 0 Å². The number of carbonyl (C=O) groups excluding carboxylic acids is 1. The maximum absolute atomic E-state index is 12.1. The van der Waals surface area contributed by atoms with E-state index in [2.05, 4.69) is 25.6 Å². The normalized spacial score (nSPS) is 11.8. The monoisotopic (exact) mass is 306 g/mol. The average molecular weight is 306 g/mol. The van der Waals surface area contributed by atoms with Crippen LogP contribution in [0.2, 0.25) is 0 Å². The van der Waals surface area contributed by atoms with Gasteiger partial charge in [0, 0.05) is 25.2 Å². The molecule has 0 bridgehead atoms. The lowest BCUT2D eigenvalue weighted by Gasteiger charge is -2.17. The van der Waals surface area contributed by atoms with E-state index in [1.165, 1.54) is 6.33 Å². The highest BCUT2D eigenvalue weighted by atomic mass is 32.1. The van der Waals surface area contributed by atoms with Crippen LogP contribution in [0.1, 0.15) is 22.9 Å². The summed E-state index contributed by atoms with van der Waals surface area (Å²) in [6.07, 6.45) is 4.81. The van der Waals surface area contributed by atoms with Crippen molar-refractivity contribution in [2.75, 3.05) is 24.3 Å². The van der Waals surface area contributed by atoms with Crippen molar-refractivity contribution < 1.29 is 4.79 Å². The SMILES string of the molecule is Cc1cnc([C@@H](C)NC(=O)Nc2cncnc2N(C)C)s1. The highest BCUT2D eigenvalue weighted by Crippen LogP contribution is 2.21. The minimum absolute atomic E-state index is 0.156. The van der Waals surface area contributed by atoms with Crippen molar-refractivity contribution in [2.24, 2.45) is 0 Å². The van der Waals surface area contributed by atoms with Crippen LogP contribution in [0.25, 0.3) is 0 Å². The van der Waals surface area contributed by atoms with Gasteiger partial charge in [0.2, 0.25) is 0 Å². The summed E-state index contributed by atoms with van der Waals surface area (Å²) in [5.74, 6) is 0.651. The first-order valence-electron chi connectivity index (χ1n) is 6.44. The Morgan fingerprint density at radius 1 is 1.33 bits per heavy atom. The highest BCUT2D eigenvalue weighted by Gasteiger charge is 2.14. The standard InChI is InChI=1S/C13H18N6OS/c1-8-5-15-12(21-8)9(2)17-13(20)18-10-6-14-7-16-11(10)19(3)4/h5-7,9H,1-4H3,(H2,17,18,20)/t9-/m1/s1. The molecule has 7 nitrogen and oxygen atoms in total. The van der Waals surface area contributed by atoms with Crippen molar-refractivity contribution in [3.63, 3.8) is 0 Å². The third-order valence-corrected chi connectivity index (χ3v) is 3.82. The van der Waals surface area contributed by atoms with Gasteiger partial charge in [-0.25, -0.2) is 19.7 Å². The number of anilines is 2. The Bertz CT molecular complexity index is 627. The van der Waals surface area contributed by atoms with Crippen LogP contribution in [0.4, 0.5) is 16.3 Å². The molecule has 2 N–H and O–H groups in total. The fourth-order valence-electron chi connectivity index (χ4n) is 1.76. The number of urea groups is 1. The first-order valence-corrected chi connectivity index (χ1v) is 7.26. The van der Waals surface area contributed by atoms with Crippen LogP contribution in [-0.2, 0) is 0 Å². The maximum atomic E-state index is 12.1. The molecule has 0 saturated heterocycles. The predicted octanol–water partition coefficient (Wildman–Crippen LogP) is 2.19. The van der Waals surface area contributed by atoms with Gasteiger partial charge in [-0.1, -0.05) is 0 Å². The molecule has 2 amide bonds. The molecule has 0 saturated carbocycles. The Balaban J connectivity index is 2.02. The second-order valence-electron chi connectivity index (χ2n) is 4.78. The van der Waals surface area contributed by atoms with E-state index in [4.69, 9.17) is 0 Å². The number of carbonyl (C=O) groups is 1. The van der Waals surface area contributed by atoms with E-state index in [9.17, 15) is 4.79 Å². The molecule has 0 aromatic carbocycles. The van der Waals surface area contributed by atoms with E-state index in [0.29, 0.717) is 11.5 Å². The number of aromatic nitrogens is 3. The van der Waals surface area contributed by atoms with Crippen molar-refractivity contribution in [3.8, 4) is 0 Å².